The van der Waals surface area contributed by atoms with Crippen LogP contribution < -0.4 is 0 Å². The first kappa shape index (κ1) is 16.3. The summed E-state index contributed by atoms with van der Waals surface area (Å²) in [5.74, 6) is -0.708. The molecule has 0 spiro atoms. The van der Waals surface area contributed by atoms with Gasteiger partial charge in [-0.25, -0.2) is 0 Å². The highest BCUT2D eigenvalue weighted by Gasteiger charge is 2.33. The van der Waals surface area contributed by atoms with Gasteiger partial charge in [0.15, 0.2) is 12.6 Å². The van der Waals surface area contributed by atoms with Gasteiger partial charge < -0.3 is 19.3 Å². The van der Waals surface area contributed by atoms with Crippen molar-refractivity contribution in [3.63, 3.8) is 0 Å². The molecule has 0 radical (unpaired) electrons. The van der Waals surface area contributed by atoms with Gasteiger partial charge in [0.2, 0.25) is 0 Å². The average Bonchev–Trinajstić information content (AvgIpc) is 2.32. The molecule has 4 nitrogen and oxygen atoms in total. The Hall–Kier alpha value is -0.720. The molecule has 17 heavy (non-hydrogen) atoms. The van der Waals surface area contributed by atoms with Crippen LogP contribution in [0.5, 0.6) is 0 Å². The zero-order chi connectivity index (χ0) is 13.3. The van der Waals surface area contributed by atoms with Crippen molar-refractivity contribution < 1.29 is 28.1 Å². The molecule has 0 heterocycles. The lowest BCUT2D eigenvalue weighted by atomic mass is 9.95. The zero-order valence-electron chi connectivity index (χ0n) is 10.5. The Morgan fingerprint density at radius 3 is 2.18 bits per heavy atom. The van der Waals surface area contributed by atoms with Gasteiger partial charge in [-0.05, 0) is 12.8 Å². The van der Waals surface area contributed by atoms with E-state index >= 15 is 0 Å². The van der Waals surface area contributed by atoms with Gasteiger partial charge in [-0.15, -0.1) is 0 Å². The molecule has 0 rings (SSSR count). The van der Waals surface area contributed by atoms with E-state index in [2.05, 4.69) is 0 Å². The molecule has 0 saturated carbocycles. The summed E-state index contributed by atoms with van der Waals surface area (Å²) in [6, 6.07) is 0. The predicted molar refractivity (Wildman–Crippen MR) is 58.6 cm³/mol. The predicted octanol–water partition coefficient (Wildman–Crippen LogP) is 2.28. The van der Waals surface area contributed by atoms with Crippen molar-refractivity contribution in [2.45, 2.75) is 32.3 Å². The molecule has 0 aromatic heterocycles. The van der Waals surface area contributed by atoms with Crippen molar-refractivity contribution >= 4 is 0 Å². The van der Waals surface area contributed by atoms with Crippen molar-refractivity contribution in [3.05, 3.63) is 11.8 Å². The smallest absolute Gasteiger partial charge is 0.310 e. The Balaban J connectivity index is 4.33. The fourth-order valence-electron chi connectivity index (χ4n) is 1.24. The fourth-order valence-corrected chi connectivity index (χ4v) is 1.24. The highest BCUT2D eigenvalue weighted by Crippen LogP contribution is 2.29. The second kappa shape index (κ2) is 8.38. The van der Waals surface area contributed by atoms with Crippen LogP contribution in [0.4, 0.5) is 8.78 Å². The first-order valence-electron chi connectivity index (χ1n) is 5.49. The van der Waals surface area contributed by atoms with E-state index in [4.69, 9.17) is 14.2 Å². The Labute approximate surface area is 100 Å². The van der Waals surface area contributed by atoms with Gasteiger partial charge in [0.25, 0.3) is 0 Å². The summed E-state index contributed by atoms with van der Waals surface area (Å²) in [5, 5.41) is 9.92. The molecule has 1 N–H and O–H groups in total. The van der Waals surface area contributed by atoms with E-state index in [1.807, 2.05) is 0 Å². The largest absolute Gasteiger partial charge is 0.463 e. The maximum absolute atomic E-state index is 12.7. The molecular weight excluding hydrogens is 234 g/mol. The fraction of sp³-hybridized carbons (Fsp3) is 0.818. The minimum absolute atomic E-state index is 0.147. The molecule has 102 valence electrons. The molecule has 0 bridgehead atoms. The highest BCUT2D eigenvalue weighted by atomic mass is 19.3. The molecule has 0 amide bonds. The van der Waals surface area contributed by atoms with Crippen LogP contribution in [0.2, 0.25) is 0 Å². The number of methoxy groups -OCH3 is 1. The third-order valence-corrected chi connectivity index (χ3v) is 2.48. The van der Waals surface area contributed by atoms with Gasteiger partial charge in [-0.2, -0.15) is 8.78 Å². The Morgan fingerprint density at radius 2 is 1.76 bits per heavy atom. The topological polar surface area (TPSA) is 47.9 Å². The average molecular weight is 254 g/mol. The maximum Gasteiger partial charge on any atom is 0.310 e. The van der Waals surface area contributed by atoms with Crippen LogP contribution in [0.3, 0.4) is 0 Å². The molecule has 0 unspecified atom stereocenters. The van der Waals surface area contributed by atoms with Crippen LogP contribution in [0.25, 0.3) is 0 Å². The molecular formula is C11H20F2O4. The van der Waals surface area contributed by atoms with E-state index in [-0.39, 0.29) is 26.2 Å². The van der Waals surface area contributed by atoms with Crippen LogP contribution >= 0.6 is 0 Å². The van der Waals surface area contributed by atoms with E-state index in [0.29, 0.717) is 6.61 Å². The lowest BCUT2D eigenvalue weighted by molar-refractivity contribution is -0.0835. The van der Waals surface area contributed by atoms with E-state index in [0.717, 1.165) is 0 Å². The normalized spacial score (nSPS) is 11.4. The molecule has 0 saturated heterocycles. The van der Waals surface area contributed by atoms with E-state index in [1.165, 1.54) is 7.11 Å². The number of aliphatic hydroxyl groups is 1. The van der Waals surface area contributed by atoms with Gasteiger partial charge in [0, 0.05) is 7.11 Å². The van der Waals surface area contributed by atoms with Crippen molar-refractivity contribution in [1.82, 2.24) is 0 Å². The third-order valence-electron chi connectivity index (χ3n) is 2.48. The molecule has 0 aliphatic carbocycles. The summed E-state index contributed by atoms with van der Waals surface area (Å²) in [6.45, 7) is 3.49. The van der Waals surface area contributed by atoms with Crippen LogP contribution in [0, 0.1) is 0 Å². The molecule has 6 heteroatoms. The van der Waals surface area contributed by atoms with Gasteiger partial charge in [-0.3, -0.25) is 0 Å². The zero-order valence-corrected chi connectivity index (χ0v) is 10.5. The van der Waals surface area contributed by atoms with Crippen molar-refractivity contribution in [2.75, 3.05) is 27.1 Å². The standard InChI is InChI=1S/C11H20F2O4/c1-4-11(14,5-2)9(10(12)13)17-8-16-7-6-15-3/h14H,4-8H2,1-3H3. The van der Waals surface area contributed by atoms with E-state index in [1.54, 1.807) is 13.8 Å². The number of hydrogen-bond acceptors (Lipinski definition) is 4. The highest BCUT2D eigenvalue weighted by molar-refractivity contribution is 5.09. The molecule has 0 fully saturated rings. The van der Waals surface area contributed by atoms with Crippen LogP contribution in [-0.2, 0) is 14.2 Å². The summed E-state index contributed by atoms with van der Waals surface area (Å²) >= 11 is 0. The van der Waals surface area contributed by atoms with Gasteiger partial charge in [-0.1, -0.05) is 13.8 Å². The summed E-state index contributed by atoms with van der Waals surface area (Å²) in [4.78, 5) is 0. The molecule has 0 aromatic carbocycles. The second-order valence-corrected chi connectivity index (χ2v) is 3.49. The lowest BCUT2D eigenvalue weighted by Crippen LogP contribution is -2.32. The minimum atomic E-state index is -2.02. The third kappa shape index (κ3) is 5.43. The number of ether oxygens (including phenoxy) is 3. The first-order chi connectivity index (χ1) is 8.01. The van der Waals surface area contributed by atoms with E-state index < -0.39 is 17.4 Å². The van der Waals surface area contributed by atoms with Gasteiger partial charge in [0.1, 0.15) is 5.60 Å². The molecule has 0 aliphatic rings. The van der Waals surface area contributed by atoms with Crippen molar-refractivity contribution in [1.29, 1.82) is 0 Å². The Morgan fingerprint density at radius 1 is 1.18 bits per heavy atom. The summed E-state index contributed by atoms with van der Waals surface area (Å²) in [7, 11) is 1.50. The summed E-state index contributed by atoms with van der Waals surface area (Å²) in [6.07, 6.45) is -1.73. The van der Waals surface area contributed by atoms with Crippen LogP contribution in [0.15, 0.2) is 11.8 Å². The quantitative estimate of drug-likeness (QED) is 0.389. The number of halogens is 2. The SMILES string of the molecule is CCC(O)(CC)C(OCOCCOC)=C(F)F. The number of rotatable bonds is 9. The Bertz CT molecular complexity index is 236. The van der Waals surface area contributed by atoms with Crippen LogP contribution in [-0.4, -0.2) is 37.8 Å². The molecule has 0 atom stereocenters. The van der Waals surface area contributed by atoms with Crippen LogP contribution in [0.1, 0.15) is 26.7 Å². The molecule has 0 aromatic rings. The minimum Gasteiger partial charge on any atom is -0.463 e. The molecule has 0 aliphatic heterocycles. The van der Waals surface area contributed by atoms with Crippen molar-refractivity contribution in [3.8, 4) is 0 Å². The Kier molecular flexibility index (Phi) is 8.03. The van der Waals surface area contributed by atoms with E-state index in [9.17, 15) is 13.9 Å². The maximum atomic E-state index is 12.7. The summed E-state index contributed by atoms with van der Waals surface area (Å²) < 4.78 is 39.7. The van der Waals surface area contributed by atoms with Gasteiger partial charge in [0.05, 0.1) is 13.2 Å². The van der Waals surface area contributed by atoms with Crippen molar-refractivity contribution in [2.24, 2.45) is 0 Å². The monoisotopic (exact) mass is 254 g/mol. The second-order valence-electron chi connectivity index (χ2n) is 3.49. The lowest BCUT2D eigenvalue weighted by Gasteiger charge is -2.27. The summed E-state index contributed by atoms with van der Waals surface area (Å²) in [5.41, 5.74) is -1.64. The van der Waals surface area contributed by atoms with Gasteiger partial charge >= 0.3 is 6.08 Å². The first-order valence-corrected chi connectivity index (χ1v) is 5.49. The number of hydrogen-bond donors (Lipinski definition) is 1.